The zero-order valence-corrected chi connectivity index (χ0v) is 15.4. The van der Waals surface area contributed by atoms with E-state index in [4.69, 9.17) is 0 Å². The van der Waals surface area contributed by atoms with Gasteiger partial charge in [0.2, 0.25) is 5.82 Å². The highest BCUT2D eigenvalue weighted by atomic mass is 16.2. The van der Waals surface area contributed by atoms with E-state index in [-0.39, 0.29) is 11.7 Å². The number of rotatable bonds is 2. The van der Waals surface area contributed by atoms with Crippen molar-refractivity contribution >= 4 is 11.7 Å². The summed E-state index contributed by atoms with van der Waals surface area (Å²) in [5, 5.41) is 4.41. The standard InChI is InChI=1S/C18H26N6O/c1-11(2)23-14-5-6-15(23)10-22(8-7-14)17(25)16-20-18-19-12(3)9-13(4)24(18)21-16/h9,11,14-15H,5-8,10H2,1-4H3. The van der Waals surface area contributed by atoms with Crippen LogP contribution in [0.3, 0.4) is 0 Å². The van der Waals surface area contributed by atoms with E-state index in [1.54, 1.807) is 4.52 Å². The van der Waals surface area contributed by atoms with E-state index in [9.17, 15) is 4.79 Å². The van der Waals surface area contributed by atoms with Crippen molar-refractivity contribution in [1.82, 2.24) is 29.4 Å². The Morgan fingerprint density at radius 1 is 1.16 bits per heavy atom. The van der Waals surface area contributed by atoms with Gasteiger partial charge in [-0.05, 0) is 53.0 Å². The van der Waals surface area contributed by atoms with Crippen LogP contribution in [0.1, 0.15) is 55.1 Å². The third-order valence-corrected chi connectivity index (χ3v) is 5.53. The molecule has 0 spiro atoms. The van der Waals surface area contributed by atoms with Crippen molar-refractivity contribution in [2.24, 2.45) is 0 Å². The lowest BCUT2D eigenvalue weighted by atomic mass is 10.1. The molecule has 0 radical (unpaired) electrons. The first-order valence-electron chi connectivity index (χ1n) is 9.22. The molecule has 134 valence electrons. The van der Waals surface area contributed by atoms with Crippen LogP contribution < -0.4 is 0 Å². The predicted octanol–water partition coefficient (Wildman–Crippen LogP) is 1.83. The minimum absolute atomic E-state index is 0.0705. The number of hydrogen-bond donors (Lipinski definition) is 0. The second-order valence-electron chi connectivity index (χ2n) is 7.65. The van der Waals surface area contributed by atoms with Gasteiger partial charge in [0.15, 0.2) is 0 Å². The van der Waals surface area contributed by atoms with Gasteiger partial charge in [0.25, 0.3) is 11.7 Å². The Balaban J connectivity index is 1.60. The Morgan fingerprint density at radius 2 is 1.92 bits per heavy atom. The van der Waals surface area contributed by atoms with Crippen molar-refractivity contribution in [2.75, 3.05) is 13.1 Å². The quantitative estimate of drug-likeness (QED) is 0.833. The van der Waals surface area contributed by atoms with E-state index >= 15 is 0 Å². The second-order valence-corrected chi connectivity index (χ2v) is 7.65. The number of aromatic nitrogens is 4. The lowest BCUT2D eigenvalue weighted by Gasteiger charge is -2.32. The fourth-order valence-electron chi connectivity index (χ4n) is 4.54. The number of likely N-dealkylation sites (tertiary alicyclic amines) is 1. The van der Waals surface area contributed by atoms with Crippen molar-refractivity contribution in [3.05, 3.63) is 23.3 Å². The van der Waals surface area contributed by atoms with Crippen LogP contribution in [0.25, 0.3) is 5.78 Å². The largest absolute Gasteiger partial charge is 0.334 e. The van der Waals surface area contributed by atoms with Crippen LogP contribution >= 0.6 is 0 Å². The Kier molecular flexibility index (Phi) is 3.98. The molecule has 2 fully saturated rings. The summed E-state index contributed by atoms with van der Waals surface area (Å²) in [6.07, 6.45) is 3.45. The number of aryl methyl sites for hydroxylation is 2. The Hall–Kier alpha value is -2.02. The van der Waals surface area contributed by atoms with Gasteiger partial charge in [0.05, 0.1) is 0 Å². The van der Waals surface area contributed by atoms with Crippen molar-refractivity contribution in [3.8, 4) is 0 Å². The van der Waals surface area contributed by atoms with Gasteiger partial charge in [-0.2, -0.15) is 4.98 Å². The molecule has 1 amide bonds. The molecule has 2 aliphatic heterocycles. The van der Waals surface area contributed by atoms with Gasteiger partial charge in [-0.25, -0.2) is 9.50 Å². The topological polar surface area (TPSA) is 66.6 Å². The van der Waals surface area contributed by atoms with Crippen LogP contribution in [-0.4, -0.2) is 66.5 Å². The summed E-state index contributed by atoms with van der Waals surface area (Å²) < 4.78 is 1.66. The summed E-state index contributed by atoms with van der Waals surface area (Å²) in [6, 6.07) is 3.52. The van der Waals surface area contributed by atoms with Gasteiger partial charge in [0.1, 0.15) is 0 Å². The maximum Gasteiger partial charge on any atom is 0.293 e. The van der Waals surface area contributed by atoms with E-state index in [0.717, 1.165) is 30.9 Å². The van der Waals surface area contributed by atoms with Crippen molar-refractivity contribution in [2.45, 2.75) is 65.1 Å². The van der Waals surface area contributed by atoms with E-state index in [0.29, 0.717) is 23.9 Å². The second kappa shape index (κ2) is 6.05. The number of fused-ring (bicyclic) bond motifs is 3. The van der Waals surface area contributed by atoms with Gasteiger partial charge >= 0.3 is 0 Å². The minimum Gasteiger partial charge on any atom is -0.334 e. The average molecular weight is 342 g/mol. The SMILES string of the molecule is Cc1cc(C)n2nc(C(=O)N3CCC4CCC(C3)N4C(C)C)nc2n1. The van der Waals surface area contributed by atoms with Gasteiger partial charge in [-0.15, -0.1) is 5.10 Å². The molecule has 2 unspecified atom stereocenters. The smallest absolute Gasteiger partial charge is 0.293 e. The number of carbonyl (C=O) groups excluding carboxylic acids is 1. The third-order valence-electron chi connectivity index (χ3n) is 5.53. The number of carbonyl (C=O) groups is 1. The van der Waals surface area contributed by atoms with Gasteiger partial charge in [0, 0.05) is 42.6 Å². The van der Waals surface area contributed by atoms with E-state index in [1.165, 1.54) is 12.8 Å². The molecule has 0 aliphatic carbocycles. The zero-order valence-electron chi connectivity index (χ0n) is 15.4. The lowest BCUT2D eigenvalue weighted by molar-refractivity contribution is 0.0716. The highest BCUT2D eigenvalue weighted by Gasteiger charge is 2.40. The van der Waals surface area contributed by atoms with Gasteiger partial charge in [-0.1, -0.05) is 0 Å². The summed E-state index contributed by atoms with van der Waals surface area (Å²) in [5.41, 5.74) is 1.83. The van der Waals surface area contributed by atoms with Crippen LogP contribution in [0.5, 0.6) is 0 Å². The molecule has 4 rings (SSSR count). The van der Waals surface area contributed by atoms with Crippen LogP contribution in [-0.2, 0) is 0 Å². The summed E-state index contributed by atoms with van der Waals surface area (Å²) in [4.78, 5) is 26.3. The highest BCUT2D eigenvalue weighted by molar-refractivity contribution is 5.91. The summed E-state index contributed by atoms with van der Waals surface area (Å²) in [7, 11) is 0. The van der Waals surface area contributed by atoms with Gasteiger partial charge < -0.3 is 4.90 Å². The van der Waals surface area contributed by atoms with E-state index in [2.05, 4.69) is 33.8 Å². The number of hydrogen-bond acceptors (Lipinski definition) is 5. The Labute approximate surface area is 148 Å². The molecule has 0 aromatic carbocycles. The zero-order chi connectivity index (χ0) is 17.7. The fraction of sp³-hybridized carbons (Fsp3) is 0.667. The van der Waals surface area contributed by atoms with Crippen molar-refractivity contribution in [3.63, 3.8) is 0 Å². The first-order valence-corrected chi connectivity index (χ1v) is 9.22. The molecule has 0 saturated carbocycles. The summed E-state index contributed by atoms with van der Waals surface area (Å²) in [5.74, 6) is 0.690. The normalized spacial score (nSPS) is 24.3. The summed E-state index contributed by atoms with van der Waals surface area (Å²) >= 11 is 0. The van der Waals surface area contributed by atoms with Gasteiger partial charge in [-0.3, -0.25) is 9.69 Å². The first kappa shape index (κ1) is 16.4. The molecule has 4 heterocycles. The van der Waals surface area contributed by atoms with Crippen LogP contribution in [0.4, 0.5) is 0 Å². The molecule has 2 aromatic heterocycles. The minimum atomic E-state index is -0.0705. The molecule has 2 saturated heterocycles. The maximum atomic E-state index is 13.0. The molecule has 2 aromatic rings. The molecular formula is C18H26N6O. The molecule has 2 bridgehead atoms. The Bertz CT molecular complexity index is 813. The fourth-order valence-corrected chi connectivity index (χ4v) is 4.54. The molecule has 2 aliphatic rings. The first-order chi connectivity index (χ1) is 11.9. The van der Waals surface area contributed by atoms with Crippen molar-refractivity contribution < 1.29 is 4.79 Å². The van der Waals surface area contributed by atoms with E-state index < -0.39 is 0 Å². The molecule has 0 N–H and O–H groups in total. The molecule has 2 atom stereocenters. The van der Waals surface area contributed by atoms with Crippen LogP contribution in [0.15, 0.2) is 6.07 Å². The monoisotopic (exact) mass is 342 g/mol. The number of amides is 1. The average Bonchev–Trinajstić information content (AvgIpc) is 3.07. The predicted molar refractivity (Wildman–Crippen MR) is 94.6 cm³/mol. The summed E-state index contributed by atoms with van der Waals surface area (Å²) in [6.45, 7) is 9.94. The third kappa shape index (κ3) is 2.80. The number of nitrogens with zero attached hydrogens (tertiary/aromatic N) is 6. The van der Waals surface area contributed by atoms with Crippen LogP contribution in [0.2, 0.25) is 0 Å². The molecule has 25 heavy (non-hydrogen) atoms. The molecule has 7 nitrogen and oxygen atoms in total. The van der Waals surface area contributed by atoms with E-state index in [1.807, 2.05) is 24.8 Å². The lowest BCUT2D eigenvalue weighted by Crippen LogP contribution is -2.44. The van der Waals surface area contributed by atoms with Crippen LogP contribution in [0, 0.1) is 13.8 Å². The maximum absolute atomic E-state index is 13.0. The van der Waals surface area contributed by atoms with Crippen molar-refractivity contribution in [1.29, 1.82) is 0 Å². The molecular weight excluding hydrogens is 316 g/mol. The Morgan fingerprint density at radius 3 is 2.68 bits per heavy atom. The molecule has 7 heteroatoms. The highest BCUT2D eigenvalue weighted by Crippen LogP contribution is 2.32.